The Labute approximate surface area is 112 Å². The summed E-state index contributed by atoms with van der Waals surface area (Å²) in [5, 5.41) is 13.1. The average Bonchev–Trinajstić information content (AvgIpc) is 2.77. The predicted molar refractivity (Wildman–Crippen MR) is 72.5 cm³/mol. The number of nitrogens with zero attached hydrogens (tertiary/aromatic N) is 3. The second-order valence-corrected chi connectivity index (χ2v) is 4.25. The summed E-state index contributed by atoms with van der Waals surface area (Å²) >= 11 is 0. The van der Waals surface area contributed by atoms with Gasteiger partial charge in [0, 0.05) is 6.54 Å². The Morgan fingerprint density at radius 3 is 2.84 bits per heavy atom. The molecule has 0 amide bonds. The first-order valence-corrected chi connectivity index (χ1v) is 6.09. The van der Waals surface area contributed by atoms with Gasteiger partial charge in [-0.05, 0) is 38.1 Å². The molecular weight excluding hydrogens is 240 g/mol. The Morgan fingerprint density at radius 1 is 1.42 bits per heavy atom. The van der Waals surface area contributed by atoms with Crippen LogP contribution in [-0.2, 0) is 13.2 Å². The lowest BCUT2D eigenvalue weighted by atomic mass is 10.2. The number of nitrogens with two attached hydrogens (primary N) is 1. The number of ether oxygens (including phenoxy) is 1. The molecule has 0 radical (unpaired) electrons. The van der Waals surface area contributed by atoms with Crippen LogP contribution in [0.5, 0.6) is 5.75 Å². The Morgan fingerprint density at radius 2 is 2.21 bits per heavy atom. The van der Waals surface area contributed by atoms with E-state index < -0.39 is 0 Å². The first-order chi connectivity index (χ1) is 9.13. The van der Waals surface area contributed by atoms with Crippen LogP contribution < -0.4 is 10.5 Å². The summed E-state index contributed by atoms with van der Waals surface area (Å²) < 4.78 is 7.58. The van der Waals surface area contributed by atoms with Crippen LogP contribution in [0.4, 0.5) is 5.69 Å². The van der Waals surface area contributed by atoms with Crippen molar-refractivity contribution >= 4 is 5.69 Å². The lowest BCUT2D eigenvalue weighted by Gasteiger charge is -2.09. The van der Waals surface area contributed by atoms with Gasteiger partial charge in [0.15, 0.2) is 0 Å². The molecule has 0 bridgehead atoms. The van der Waals surface area contributed by atoms with Gasteiger partial charge in [0.05, 0.1) is 28.7 Å². The van der Waals surface area contributed by atoms with E-state index in [9.17, 15) is 0 Å². The molecule has 0 aliphatic carbocycles. The van der Waals surface area contributed by atoms with E-state index in [1.807, 2.05) is 30.7 Å². The fraction of sp³-hybridized carbons (Fsp3) is 0.286. The third-order valence-corrected chi connectivity index (χ3v) is 2.80. The lowest BCUT2D eigenvalue weighted by Crippen LogP contribution is -2.07. The average molecular weight is 256 g/mol. The topological polar surface area (TPSA) is 76.9 Å². The highest BCUT2D eigenvalue weighted by molar-refractivity contribution is 5.56. The van der Waals surface area contributed by atoms with E-state index in [-0.39, 0.29) is 0 Å². The molecule has 2 rings (SSSR count). The van der Waals surface area contributed by atoms with Crippen molar-refractivity contribution in [2.75, 3.05) is 5.73 Å². The summed E-state index contributed by atoms with van der Waals surface area (Å²) in [7, 11) is 0. The summed E-state index contributed by atoms with van der Waals surface area (Å²) in [4.78, 5) is 0. The van der Waals surface area contributed by atoms with Crippen LogP contribution in [0, 0.1) is 18.3 Å². The minimum Gasteiger partial charge on any atom is -0.485 e. The number of benzene rings is 1. The minimum absolute atomic E-state index is 0.408. The van der Waals surface area contributed by atoms with Crippen molar-refractivity contribution in [3.8, 4) is 11.8 Å². The summed E-state index contributed by atoms with van der Waals surface area (Å²) in [5.74, 6) is 0.584. The molecule has 0 aliphatic rings. The maximum atomic E-state index is 8.77. The van der Waals surface area contributed by atoms with Gasteiger partial charge >= 0.3 is 0 Å². The van der Waals surface area contributed by atoms with Gasteiger partial charge in [-0.25, -0.2) is 0 Å². The van der Waals surface area contributed by atoms with Crippen molar-refractivity contribution in [2.24, 2.45) is 0 Å². The van der Waals surface area contributed by atoms with E-state index in [1.165, 1.54) is 0 Å². The van der Waals surface area contributed by atoms with Gasteiger partial charge in [0.25, 0.3) is 0 Å². The van der Waals surface area contributed by atoms with Crippen molar-refractivity contribution < 1.29 is 4.74 Å². The van der Waals surface area contributed by atoms with Crippen molar-refractivity contribution in [1.82, 2.24) is 9.78 Å². The number of anilines is 1. The zero-order chi connectivity index (χ0) is 13.8. The number of hydrogen-bond acceptors (Lipinski definition) is 4. The molecule has 1 aromatic heterocycles. The first kappa shape index (κ1) is 13.0. The molecule has 1 heterocycles. The zero-order valence-corrected chi connectivity index (χ0v) is 11.1. The predicted octanol–water partition coefficient (Wildman–Crippen LogP) is 2.24. The Hall–Kier alpha value is -2.48. The van der Waals surface area contributed by atoms with Gasteiger partial charge < -0.3 is 10.5 Å². The van der Waals surface area contributed by atoms with Crippen molar-refractivity contribution in [3.63, 3.8) is 0 Å². The molecule has 0 unspecified atom stereocenters. The van der Waals surface area contributed by atoms with Gasteiger partial charge in [-0.1, -0.05) is 0 Å². The monoisotopic (exact) mass is 256 g/mol. The van der Waals surface area contributed by atoms with Crippen molar-refractivity contribution in [1.29, 1.82) is 5.26 Å². The highest BCUT2D eigenvalue weighted by Crippen LogP contribution is 2.23. The molecule has 2 aromatic rings. The van der Waals surface area contributed by atoms with E-state index in [1.54, 1.807) is 18.2 Å². The maximum absolute atomic E-state index is 8.77. The molecule has 5 nitrogen and oxygen atoms in total. The molecule has 2 N–H and O–H groups in total. The third-order valence-electron chi connectivity index (χ3n) is 2.80. The smallest absolute Gasteiger partial charge is 0.142 e. The van der Waals surface area contributed by atoms with Gasteiger partial charge in [0.1, 0.15) is 12.4 Å². The van der Waals surface area contributed by atoms with E-state index in [2.05, 4.69) is 5.10 Å². The normalized spacial score (nSPS) is 10.2. The van der Waals surface area contributed by atoms with Crippen LogP contribution in [-0.4, -0.2) is 9.78 Å². The van der Waals surface area contributed by atoms with Crippen LogP contribution in [0.15, 0.2) is 24.3 Å². The van der Waals surface area contributed by atoms with Crippen LogP contribution in [0.25, 0.3) is 0 Å². The summed E-state index contributed by atoms with van der Waals surface area (Å²) in [6.45, 7) is 5.19. The number of nitrogen functional groups attached to an aromatic ring is 1. The minimum atomic E-state index is 0.408. The van der Waals surface area contributed by atoms with E-state index in [0.717, 1.165) is 17.9 Å². The van der Waals surface area contributed by atoms with Crippen LogP contribution in [0.1, 0.15) is 23.9 Å². The molecule has 0 saturated carbocycles. The fourth-order valence-electron chi connectivity index (χ4n) is 1.89. The quantitative estimate of drug-likeness (QED) is 0.851. The largest absolute Gasteiger partial charge is 0.485 e. The fourth-order valence-corrected chi connectivity index (χ4v) is 1.89. The number of hydrogen-bond donors (Lipinski definition) is 1. The second kappa shape index (κ2) is 5.44. The number of aryl methyl sites for hydroxylation is 2. The number of nitriles is 1. The highest BCUT2D eigenvalue weighted by Gasteiger charge is 2.07. The molecule has 1 aromatic carbocycles. The highest BCUT2D eigenvalue weighted by atomic mass is 16.5. The molecule has 0 fully saturated rings. The van der Waals surface area contributed by atoms with Crippen molar-refractivity contribution in [2.45, 2.75) is 27.0 Å². The maximum Gasteiger partial charge on any atom is 0.142 e. The van der Waals surface area contributed by atoms with E-state index >= 15 is 0 Å². The Balaban J connectivity index is 2.12. The van der Waals surface area contributed by atoms with Gasteiger partial charge in [-0.3, -0.25) is 4.68 Å². The molecule has 0 spiro atoms. The molecular formula is C14H16N4O. The molecule has 5 heteroatoms. The SMILES string of the molecule is CCn1nc(C)cc1COc1ccc(C#N)cc1N. The van der Waals surface area contributed by atoms with Crippen LogP contribution >= 0.6 is 0 Å². The Bertz CT molecular complexity index is 625. The van der Waals surface area contributed by atoms with E-state index in [4.69, 9.17) is 15.7 Å². The second-order valence-electron chi connectivity index (χ2n) is 4.25. The lowest BCUT2D eigenvalue weighted by molar-refractivity contribution is 0.294. The Kier molecular flexibility index (Phi) is 3.71. The summed E-state index contributed by atoms with van der Waals surface area (Å²) in [6.07, 6.45) is 0. The van der Waals surface area contributed by atoms with Crippen LogP contribution in [0.3, 0.4) is 0 Å². The van der Waals surface area contributed by atoms with Gasteiger partial charge in [-0.15, -0.1) is 0 Å². The van der Waals surface area contributed by atoms with E-state index in [0.29, 0.717) is 23.6 Å². The third kappa shape index (κ3) is 2.86. The molecule has 19 heavy (non-hydrogen) atoms. The molecule has 0 aliphatic heterocycles. The first-order valence-electron chi connectivity index (χ1n) is 6.09. The molecule has 98 valence electrons. The molecule has 0 atom stereocenters. The van der Waals surface area contributed by atoms with Crippen molar-refractivity contribution in [3.05, 3.63) is 41.2 Å². The molecule has 0 saturated heterocycles. The number of rotatable bonds is 4. The summed E-state index contributed by atoms with van der Waals surface area (Å²) in [5.41, 5.74) is 8.81. The summed E-state index contributed by atoms with van der Waals surface area (Å²) in [6, 6.07) is 9.04. The standard InChI is InChI=1S/C14H16N4O/c1-3-18-12(6-10(2)17-18)9-19-14-5-4-11(8-15)7-13(14)16/h4-7H,3,9,16H2,1-2H3. The number of aromatic nitrogens is 2. The van der Waals surface area contributed by atoms with Gasteiger partial charge in [-0.2, -0.15) is 10.4 Å². The van der Waals surface area contributed by atoms with Gasteiger partial charge in [0.2, 0.25) is 0 Å². The van der Waals surface area contributed by atoms with Crippen LogP contribution in [0.2, 0.25) is 0 Å². The zero-order valence-electron chi connectivity index (χ0n) is 11.1.